The first kappa shape index (κ1) is 27.4. The molecule has 2 saturated heterocycles. The van der Waals surface area contributed by atoms with Crippen molar-refractivity contribution in [3.63, 3.8) is 0 Å². The van der Waals surface area contributed by atoms with E-state index in [1.165, 1.54) is 41.2 Å². The van der Waals surface area contributed by atoms with Gasteiger partial charge in [0.25, 0.3) is 0 Å². The van der Waals surface area contributed by atoms with Crippen molar-refractivity contribution in [3.05, 3.63) is 46.8 Å². The largest absolute Gasteiger partial charge is 0.366 e. The van der Waals surface area contributed by atoms with Gasteiger partial charge in [0, 0.05) is 49.7 Å². The lowest BCUT2D eigenvalue weighted by Gasteiger charge is -2.47. The molecule has 0 bridgehead atoms. The predicted octanol–water partition coefficient (Wildman–Crippen LogP) is 5.98. The minimum absolute atomic E-state index is 0.195. The van der Waals surface area contributed by atoms with Gasteiger partial charge in [0.05, 0.1) is 11.2 Å². The third kappa shape index (κ3) is 6.02. The lowest BCUT2D eigenvalue weighted by Crippen LogP contribution is -2.57. The van der Waals surface area contributed by atoms with Crippen molar-refractivity contribution in [1.82, 2.24) is 15.3 Å². The van der Waals surface area contributed by atoms with E-state index in [1.807, 2.05) is 0 Å². The zero-order chi connectivity index (χ0) is 27.3. The molecule has 2 aliphatic heterocycles. The molecule has 0 amide bonds. The summed E-state index contributed by atoms with van der Waals surface area (Å²) in [4.78, 5) is 15.3. The minimum atomic E-state index is -0.195. The summed E-state index contributed by atoms with van der Waals surface area (Å²) in [6.45, 7) is 22.7. The Morgan fingerprint density at radius 2 is 1.66 bits per heavy atom. The van der Waals surface area contributed by atoms with Gasteiger partial charge in [-0.15, -0.1) is 0 Å². The van der Waals surface area contributed by atoms with Gasteiger partial charge in [-0.05, 0) is 101 Å². The quantitative estimate of drug-likeness (QED) is 0.486. The smallest absolute Gasteiger partial charge is 0.129 e. The molecule has 5 rings (SSSR count). The van der Waals surface area contributed by atoms with Crippen molar-refractivity contribution in [2.24, 2.45) is 0 Å². The number of ether oxygens (including phenoxy) is 1. The fraction of sp³-hybridized carbons (Fsp3) is 0.688. The molecule has 2 aromatic rings. The molecular weight excluding hydrogens is 470 g/mol. The van der Waals surface area contributed by atoms with E-state index in [2.05, 4.69) is 94.8 Å². The van der Waals surface area contributed by atoms with E-state index >= 15 is 0 Å². The monoisotopic (exact) mass is 519 g/mol. The van der Waals surface area contributed by atoms with Crippen molar-refractivity contribution >= 4 is 11.6 Å². The van der Waals surface area contributed by atoms with Crippen molar-refractivity contribution < 1.29 is 4.74 Å². The van der Waals surface area contributed by atoms with Crippen LogP contribution in [0.15, 0.2) is 24.3 Å². The Morgan fingerprint density at radius 1 is 0.947 bits per heavy atom. The Kier molecular flexibility index (Phi) is 7.27. The second kappa shape index (κ2) is 10.1. The number of pyridine rings is 2. The van der Waals surface area contributed by atoms with Gasteiger partial charge in [0.2, 0.25) is 0 Å². The van der Waals surface area contributed by atoms with Gasteiger partial charge in [-0.2, -0.15) is 0 Å². The van der Waals surface area contributed by atoms with E-state index in [0.717, 1.165) is 51.4 Å². The van der Waals surface area contributed by atoms with Crippen molar-refractivity contribution in [1.29, 1.82) is 0 Å². The molecule has 4 heterocycles. The summed E-state index contributed by atoms with van der Waals surface area (Å²) in [7, 11) is 0. The molecule has 208 valence electrons. The number of nitrogens with one attached hydrogen (secondary N) is 1. The highest BCUT2D eigenvalue weighted by molar-refractivity contribution is 5.49. The summed E-state index contributed by atoms with van der Waals surface area (Å²) in [5.74, 6) is 3.04. The third-order valence-corrected chi connectivity index (χ3v) is 8.63. The van der Waals surface area contributed by atoms with Crippen LogP contribution in [-0.4, -0.2) is 59.4 Å². The first-order valence-electron chi connectivity index (χ1n) is 14.8. The molecular formula is C32H49N5O. The van der Waals surface area contributed by atoms with Crippen LogP contribution < -0.4 is 15.1 Å². The molecule has 1 aliphatic carbocycles. The van der Waals surface area contributed by atoms with E-state index in [4.69, 9.17) is 14.7 Å². The average molecular weight is 520 g/mol. The molecule has 2 aromatic heterocycles. The van der Waals surface area contributed by atoms with E-state index in [9.17, 15) is 0 Å². The molecule has 3 fully saturated rings. The van der Waals surface area contributed by atoms with Crippen molar-refractivity contribution in [3.8, 4) is 0 Å². The normalized spacial score (nSPS) is 22.7. The highest BCUT2D eigenvalue weighted by atomic mass is 16.5. The van der Waals surface area contributed by atoms with Gasteiger partial charge in [-0.3, -0.25) is 0 Å². The van der Waals surface area contributed by atoms with E-state index < -0.39 is 0 Å². The number of hydrogen-bond acceptors (Lipinski definition) is 6. The maximum absolute atomic E-state index is 6.30. The number of morpholine rings is 1. The van der Waals surface area contributed by atoms with Crippen LogP contribution in [0.1, 0.15) is 102 Å². The van der Waals surface area contributed by atoms with Crippen LogP contribution >= 0.6 is 0 Å². The molecule has 1 atom stereocenters. The second-order valence-corrected chi connectivity index (χ2v) is 13.8. The summed E-state index contributed by atoms with van der Waals surface area (Å²) < 4.78 is 6.30. The zero-order valence-corrected chi connectivity index (χ0v) is 25.0. The van der Waals surface area contributed by atoms with Gasteiger partial charge in [-0.25, -0.2) is 9.97 Å². The first-order valence-corrected chi connectivity index (χ1v) is 14.8. The fourth-order valence-electron chi connectivity index (χ4n) is 6.65. The first-order chi connectivity index (χ1) is 17.9. The molecule has 3 aliphatic rings. The molecule has 0 aromatic carbocycles. The maximum Gasteiger partial charge on any atom is 0.129 e. The Labute approximate surface area is 230 Å². The minimum Gasteiger partial charge on any atom is -0.366 e. The van der Waals surface area contributed by atoms with Crippen LogP contribution in [-0.2, 0) is 11.2 Å². The summed E-state index contributed by atoms with van der Waals surface area (Å²) >= 11 is 0. The number of nitrogens with zero attached hydrogens (tertiary/aromatic N) is 4. The zero-order valence-electron chi connectivity index (χ0n) is 25.0. The van der Waals surface area contributed by atoms with Gasteiger partial charge in [0.15, 0.2) is 0 Å². The maximum atomic E-state index is 6.30. The number of aryl methyl sites for hydroxylation is 1. The Morgan fingerprint density at radius 3 is 2.32 bits per heavy atom. The van der Waals surface area contributed by atoms with E-state index in [1.54, 1.807) is 0 Å². The fourth-order valence-corrected chi connectivity index (χ4v) is 6.65. The van der Waals surface area contributed by atoms with Gasteiger partial charge in [0.1, 0.15) is 11.6 Å². The molecule has 6 heteroatoms. The van der Waals surface area contributed by atoms with Crippen LogP contribution in [0.3, 0.4) is 0 Å². The van der Waals surface area contributed by atoms with Crippen LogP contribution in [0.4, 0.5) is 11.6 Å². The Bertz CT molecular complexity index is 1140. The number of anilines is 2. The Balaban J connectivity index is 1.32. The lowest BCUT2D eigenvalue weighted by molar-refractivity contribution is -0.133. The highest BCUT2D eigenvalue weighted by Crippen LogP contribution is 2.39. The second-order valence-electron chi connectivity index (χ2n) is 13.8. The summed E-state index contributed by atoms with van der Waals surface area (Å²) in [6.07, 6.45) is 4.71. The highest BCUT2D eigenvalue weighted by Gasteiger charge is 2.46. The summed E-state index contributed by atoms with van der Waals surface area (Å²) in [5, 5.41) is 3.74. The lowest BCUT2D eigenvalue weighted by atomic mass is 9.93. The van der Waals surface area contributed by atoms with Crippen molar-refractivity contribution in [2.75, 3.05) is 42.5 Å². The van der Waals surface area contributed by atoms with E-state index in [0.29, 0.717) is 17.4 Å². The molecule has 1 spiro atoms. The van der Waals surface area contributed by atoms with Crippen LogP contribution in [0.25, 0.3) is 0 Å². The Hall–Kier alpha value is -2.18. The number of rotatable bonds is 7. The molecule has 1 unspecified atom stereocenters. The molecule has 6 nitrogen and oxygen atoms in total. The molecule has 1 saturated carbocycles. The van der Waals surface area contributed by atoms with Gasteiger partial charge >= 0.3 is 0 Å². The number of piperazine rings is 1. The van der Waals surface area contributed by atoms with Crippen molar-refractivity contribution in [2.45, 2.75) is 110 Å². The molecule has 0 radical (unpaired) electrons. The summed E-state index contributed by atoms with van der Waals surface area (Å²) in [6, 6.07) is 8.92. The third-order valence-electron chi connectivity index (χ3n) is 8.63. The number of aromatic nitrogens is 2. The van der Waals surface area contributed by atoms with Crippen LogP contribution in [0.2, 0.25) is 0 Å². The standard InChI is InChI=1S/C32H49N5O/c1-22(2)29-24(4)25(18-28(35-29)36-17-16-33-32(21-36)14-15-32)13-12-23(3)26-10-9-11-27(34-26)37-19-30(5,6)38-31(7,8)20-37/h9-11,18,22-23,33H,12-17,19-21H2,1-8H3. The molecule has 38 heavy (non-hydrogen) atoms. The SMILES string of the molecule is Cc1c(CCC(C)c2cccc(N3CC(C)(C)OC(C)(C)C3)n2)cc(N2CCNC3(CC3)C2)nc1C(C)C. The van der Waals surface area contributed by atoms with E-state index in [-0.39, 0.29) is 11.2 Å². The summed E-state index contributed by atoms with van der Waals surface area (Å²) in [5.41, 5.74) is 5.20. The van der Waals surface area contributed by atoms with Gasteiger partial charge in [-0.1, -0.05) is 26.8 Å². The van der Waals surface area contributed by atoms with Gasteiger partial charge < -0.3 is 19.9 Å². The number of hydrogen-bond donors (Lipinski definition) is 1. The predicted molar refractivity (Wildman–Crippen MR) is 158 cm³/mol. The molecule has 1 N–H and O–H groups in total. The van der Waals surface area contributed by atoms with Crippen LogP contribution in [0, 0.1) is 6.92 Å². The average Bonchev–Trinajstić information content (AvgIpc) is 3.59. The topological polar surface area (TPSA) is 53.5 Å². The van der Waals surface area contributed by atoms with Crippen LogP contribution in [0.5, 0.6) is 0 Å².